The van der Waals surface area contributed by atoms with Crippen LogP contribution >= 0.6 is 11.6 Å². The summed E-state index contributed by atoms with van der Waals surface area (Å²) in [6.07, 6.45) is 3.53. The number of rotatable bonds is 5. The van der Waals surface area contributed by atoms with E-state index in [9.17, 15) is 0 Å². The molecule has 0 radical (unpaired) electrons. The Morgan fingerprint density at radius 3 is 2.68 bits per heavy atom. The van der Waals surface area contributed by atoms with Crippen molar-refractivity contribution < 1.29 is 9.47 Å². The molecule has 0 spiro atoms. The summed E-state index contributed by atoms with van der Waals surface area (Å²) in [5.41, 5.74) is 4.13. The molecule has 1 aromatic carbocycles. The molecule has 6 heteroatoms. The van der Waals surface area contributed by atoms with Crippen molar-refractivity contribution in [3.05, 3.63) is 46.1 Å². The summed E-state index contributed by atoms with van der Waals surface area (Å²) in [5.74, 6) is 0.452. The van der Waals surface area contributed by atoms with Gasteiger partial charge in [-0.1, -0.05) is 41.4 Å². The Morgan fingerprint density at radius 1 is 1.20 bits per heavy atom. The van der Waals surface area contributed by atoms with Crippen LogP contribution in [-0.4, -0.2) is 30.0 Å². The third-order valence-corrected chi connectivity index (χ3v) is 4.98. The van der Waals surface area contributed by atoms with Gasteiger partial charge in [-0.25, -0.2) is 0 Å². The normalized spacial score (nSPS) is 20.3. The minimum atomic E-state index is 0.135. The van der Waals surface area contributed by atoms with E-state index < -0.39 is 0 Å². The number of halogens is 1. The van der Waals surface area contributed by atoms with Crippen LogP contribution in [-0.2, 0) is 4.74 Å². The van der Waals surface area contributed by atoms with E-state index in [4.69, 9.17) is 21.1 Å². The summed E-state index contributed by atoms with van der Waals surface area (Å²) >= 11 is 6.08. The molecule has 5 nitrogen and oxygen atoms in total. The molecule has 2 aromatic rings. The van der Waals surface area contributed by atoms with Gasteiger partial charge in [0.25, 0.3) is 5.88 Å². The van der Waals surface area contributed by atoms with E-state index in [1.165, 1.54) is 11.1 Å². The van der Waals surface area contributed by atoms with Gasteiger partial charge in [-0.3, -0.25) is 0 Å². The van der Waals surface area contributed by atoms with E-state index >= 15 is 0 Å². The summed E-state index contributed by atoms with van der Waals surface area (Å²) in [6, 6.07) is 8.60. The summed E-state index contributed by atoms with van der Waals surface area (Å²) in [5, 5.41) is 11.6. The molecule has 25 heavy (non-hydrogen) atoms. The SMILES string of the molecule is COc1nnc(Cl)c(C)c1NCC1CCCC(c2ccc(C)cc2)O1. The molecule has 1 N–H and O–H groups in total. The number of nitrogens with one attached hydrogen (secondary N) is 1. The molecule has 2 heterocycles. The van der Waals surface area contributed by atoms with Crippen LogP contribution in [0.1, 0.15) is 42.1 Å². The Morgan fingerprint density at radius 2 is 1.96 bits per heavy atom. The number of anilines is 1. The van der Waals surface area contributed by atoms with Crippen LogP contribution in [0.25, 0.3) is 0 Å². The number of hydrogen-bond donors (Lipinski definition) is 1. The topological polar surface area (TPSA) is 56.3 Å². The maximum Gasteiger partial charge on any atom is 0.257 e. The first-order valence-electron chi connectivity index (χ1n) is 8.61. The minimum absolute atomic E-state index is 0.135. The van der Waals surface area contributed by atoms with Crippen molar-refractivity contribution in [1.29, 1.82) is 0 Å². The monoisotopic (exact) mass is 361 g/mol. The van der Waals surface area contributed by atoms with Gasteiger partial charge in [-0.05, 0) is 38.7 Å². The molecule has 1 aliphatic rings. The highest BCUT2D eigenvalue weighted by molar-refractivity contribution is 6.30. The molecule has 2 atom stereocenters. The maximum atomic E-state index is 6.31. The van der Waals surface area contributed by atoms with Crippen molar-refractivity contribution in [2.24, 2.45) is 0 Å². The van der Waals surface area contributed by atoms with Crippen LogP contribution in [0.3, 0.4) is 0 Å². The van der Waals surface area contributed by atoms with Crippen LogP contribution in [0.5, 0.6) is 5.88 Å². The van der Waals surface area contributed by atoms with Gasteiger partial charge >= 0.3 is 0 Å². The minimum Gasteiger partial charge on any atom is -0.478 e. The Bertz CT molecular complexity index is 721. The second-order valence-electron chi connectivity index (χ2n) is 6.47. The van der Waals surface area contributed by atoms with Crippen molar-refractivity contribution in [2.75, 3.05) is 19.0 Å². The maximum absolute atomic E-state index is 6.31. The summed E-state index contributed by atoms with van der Waals surface area (Å²) in [7, 11) is 1.58. The zero-order valence-corrected chi connectivity index (χ0v) is 15.6. The number of aryl methyl sites for hydroxylation is 1. The summed E-state index contributed by atoms with van der Waals surface area (Å²) < 4.78 is 11.6. The Labute approximate surface area is 153 Å². The predicted octanol–water partition coefficient (Wildman–Crippen LogP) is 4.48. The molecule has 134 valence electrons. The molecule has 0 bridgehead atoms. The number of benzene rings is 1. The molecular formula is C19H24ClN3O2. The van der Waals surface area contributed by atoms with E-state index in [2.05, 4.69) is 46.7 Å². The lowest BCUT2D eigenvalue weighted by Gasteiger charge is -2.31. The summed E-state index contributed by atoms with van der Waals surface area (Å²) in [4.78, 5) is 0. The van der Waals surface area contributed by atoms with Gasteiger partial charge < -0.3 is 14.8 Å². The van der Waals surface area contributed by atoms with E-state index in [1.54, 1.807) is 7.11 Å². The molecular weight excluding hydrogens is 338 g/mol. The predicted molar refractivity (Wildman–Crippen MR) is 99.5 cm³/mol. The van der Waals surface area contributed by atoms with Crippen molar-refractivity contribution >= 4 is 17.3 Å². The van der Waals surface area contributed by atoms with Gasteiger partial charge in [0.05, 0.1) is 19.3 Å². The number of nitrogens with zero attached hydrogens (tertiary/aromatic N) is 2. The average Bonchev–Trinajstić information content (AvgIpc) is 2.64. The van der Waals surface area contributed by atoms with E-state index in [1.807, 2.05) is 6.92 Å². The molecule has 0 amide bonds. The second-order valence-corrected chi connectivity index (χ2v) is 6.83. The van der Waals surface area contributed by atoms with Crippen LogP contribution in [0, 0.1) is 13.8 Å². The Kier molecular flexibility index (Phi) is 5.76. The van der Waals surface area contributed by atoms with Crippen molar-refractivity contribution in [1.82, 2.24) is 10.2 Å². The van der Waals surface area contributed by atoms with Crippen molar-refractivity contribution in [2.45, 2.75) is 45.3 Å². The highest BCUT2D eigenvalue weighted by Gasteiger charge is 2.24. The van der Waals surface area contributed by atoms with Crippen LogP contribution in [0.4, 0.5) is 5.69 Å². The van der Waals surface area contributed by atoms with Crippen molar-refractivity contribution in [3.8, 4) is 5.88 Å². The first-order valence-corrected chi connectivity index (χ1v) is 8.99. The van der Waals surface area contributed by atoms with Crippen LogP contribution < -0.4 is 10.1 Å². The van der Waals surface area contributed by atoms with Gasteiger partial charge in [-0.2, -0.15) is 0 Å². The second kappa shape index (κ2) is 8.02. The molecule has 0 aliphatic carbocycles. The van der Waals surface area contributed by atoms with E-state index in [0.29, 0.717) is 17.6 Å². The zero-order valence-electron chi connectivity index (χ0n) is 14.9. The fourth-order valence-electron chi connectivity index (χ4n) is 3.12. The largest absolute Gasteiger partial charge is 0.478 e. The molecule has 0 saturated carbocycles. The fourth-order valence-corrected chi connectivity index (χ4v) is 3.25. The number of methoxy groups -OCH3 is 1. The summed E-state index contributed by atoms with van der Waals surface area (Å²) in [6.45, 7) is 4.68. The molecule has 1 fully saturated rings. The quantitative estimate of drug-likeness (QED) is 0.851. The standard InChI is InChI=1S/C19H24ClN3O2/c1-12-7-9-14(10-8-12)16-6-4-5-15(25-16)11-21-17-13(2)18(20)22-23-19(17)24-3/h7-10,15-16H,4-6,11H2,1-3H3,(H,21,22). The van der Waals surface area contributed by atoms with Gasteiger partial charge in [0.1, 0.15) is 5.69 Å². The average molecular weight is 362 g/mol. The number of aromatic nitrogens is 2. The van der Waals surface area contributed by atoms with Gasteiger partial charge in [0.15, 0.2) is 5.15 Å². The van der Waals surface area contributed by atoms with Crippen LogP contribution in [0.15, 0.2) is 24.3 Å². The lowest BCUT2D eigenvalue weighted by Crippen LogP contribution is -2.29. The van der Waals surface area contributed by atoms with E-state index in [-0.39, 0.29) is 12.2 Å². The van der Waals surface area contributed by atoms with Gasteiger partial charge in [0, 0.05) is 12.1 Å². The molecule has 2 unspecified atom stereocenters. The van der Waals surface area contributed by atoms with Gasteiger partial charge in [-0.15, -0.1) is 10.2 Å². The third-order valence-electron chi connectivity index (χ3n) is 4.63. The highest BCUT2D eigenvalue weighted by Crippen LogP contribution is 2.33. The zero-order chi connectivity index (χ0) is 17.8. The van der Waals surface area contributed by atoms with Crippen LogP contribution in [0.2, 0.25) is 5.15 Å². The van der Waals surface area contributed by atoms with Gasteiger partial charge in [0.2, 0.25) is 0 Å². The number of ether oxygens (including phenoxy) is 2. The first kappa shape index (κ1) is 18.0. The molecule has 1 aromatic heterocycles. The van der Waals surface area contributed by atoms with E-state index in [0.717, 1.165) is 30.5 Å². The lowest BCUT2D eigenvalue weighted by molar-refractivity contribution is -0.0442. The smallest absolute Gasteiger partial charge is 0.257 e. The number of hydrogen-bond acceptors (Lipinski definition) is 5. The molecule has 1 aliphatic heterocycles. The third kappa shape index (κ3) is 4.22. The highest BCUT2D eigenvalue weighted by atomic mass is 35.5. The Balaban J connectivity index is 1.66. The fraction of sp³-hybridized carbons (Fsp3) is 0.474. The Hall–Kier alpha value is -1.85. The molecule has 1 saturated heterocycles. The lowest BCUT2D eigenvalue weighted by atomic mass is 9.97. The molecule has 3 rings (SSSR count). The van der Waals surface area contributed by atoms with Crippen molar-refractivity contribution in [3.63, 3.8) is 0 Å². The first-order chi connectivity index (χ1) is 12.1.